The summed E-state index contributed by atoms with van der Waals surface area (Å²) in [7, 11) is 0. The van der Waals surface area contributed by atoms with E-state index in [9.17, 15) is 23.5 Å². The van der Waals surface area contributed by atoms with Crippen molar-refractivity contribution in [3.05, 3.63) is 82.9 Å². The molecule has 0 aliphatic heterocycles. The van der Waals surface area contributed by atoms with E-state index in [2.05, 4.69) is 20.9 Å². The number of para-hydroxylation sites is 1. The van der Waals surface area contributed by atoms with Crippen molar-refractivity contribution >= 4 is 50.4 Å². The molecule has 0 saturated heterocycles. The van der Waals surface area contributed by atoms with Crippen LogP contribution in [0.25, 0.3) is 10.1 Å². The summed E-state index contributed by atoms with van der Waals surface area (Å²) >= 11 is 1.46. The molecular weight excluding hydrogens is 510 g/mol. The van der Waals surface area contributed by atoms with E-state index in [0.29, 0.717) is 11.4 Å². The maximum atomic E-state index is 13.6. The Morgan fingerprint density at radius 1 is 1.08 bits per heavy atom. The Hall–Kier alpha value is -3.89. The second-order valence-corrected chi connectivity index (χ2v) is 10.3. The number of aryl methyl sites for hydroxylation is 1. The summed E-state index contributed by atoms with van der Waals surface area (Å²) in [4.78, 5) is 30.7. The second kappa shape index (κ2) is 10.5. The normalized spacial score (nSPS) is 18.6. The van der Waals surface area contributed by atoms with Gasteiger partial charge in [-0.15, -0.1) is 11.3 Å². The van der Waals surface area contributed by atoms with Crippen LogP contribution < -0.4 is 16.0 Å². The van der Waals surface area contributed by atoms with Crippen LogP contribution in [0.1, 0.15) is 45.5 Å². The molecular formula is C28H26F2N4O3S. The third-order valence-electron chi connectivity index (χ3n) is 6.63. The van der Waals surface area contributed by atoms with E-state index in [1.54, 1.807) is 5.38 Å². The Morgan fingerprint density at radius 2 is 1.84 bits per heavy atom. The van der Waals surface area contributed by atoms with Crippen LogP contribution in [0.15, 0.2) is 66.2 Å². The van der Waals surface area contributed by atoms with Crippen molar-refractivity contribution in [1.29, 1.82) is 0 Å². The van der Waals surface area contributed by atoms with Crippen molar-refractivity contribution < 1.29 is 23.5 Å². The first kappa shape index (κ1) is 25.7. The van der Waals surface area contributed by atoms with Crippen LogP contribution >= 0.6 is 11.3 Å². The van der Waals surface area contributed by atoms with Gasteiger partial charge in [-0.1, -0.05) is 36.4 Å². The molecule has 1 aliphatic rings. The van der Waals surface area contributed by atoms with Gasteiger partial charge in [-0.2, -0.15) is 0 Å². The highest BCUT2D eigenvalue weighted by Gasteiger charge is 2.41. The van der Waals surface area contributed by atoms with Gasteiger partial charge in [0.25, 0.3) is 17.7 Å². The predicted octanol–water partition coefficient (Wildman–Crippen LogP) is 5.88. The number of carbonyl (C=O) groups excluding carboxylic acids is 2. The number of anilines is 3. The fourth-order valence-corrected chi connectivity index (χ4v) is 5.44. The van der Waals surface area contributed by atoms with E-state index in [4.69, 9.17) is 0 Å². The number of halogens is 2. The smallest absolute Gasteiger partial charge is 0.257 e. The molecule has 1 saturated carbocycles. The average Bonchev–Trinajstić information content (AvgIpc) is 3.32. The quantitative estimate of drug-likeness (QED) is 0.247. The van der Waals surface area contributed by atoms with Gasteiger partial charge >= 0.3 is 0 Å². The number of alkyl halides is 2. The summed E-state index contributed by atoms with van der Waals surface area (Å²) in [5, 5.41) is 21.4. The predicted molar refractivity (Wildman–Crippen MR) is 145 cm³/mol. The Kier molecular flexibility index (Phi) is 7.09. The lowest BCUT2D eigenvalue weighted by atomic mass is 9.89. The molecule has 2 atom stereocenters. The number of carbonyl (C=O) groups is 2. The Morgan fingerprint density at radius 3 is 2.63 bits per heavy atom. The maximum absolute atomic E-state index is 13.6. The molecule has 0 bridgehead atoms. The summed E-state index contributed by atoms with van der Waals surface area (Å²) in [6.07, 6.45) is -1.18. The summed E-state index contributed by atoms with van der Waals surface area (Å²) < 4.78 is 28.2. The standard InChI is InChI=1S/C28H26F2N4O3S/c1-16-6-2-4-8-20(16)32-25-22(34-27(37)19-15-38-24-9-5-3-7-18(19)24)12-17(14-31-25)26(36)33-21-10-11-28(29,30)13-23(21)35/h2-9,12,14-15,21,23,35H,10-11,13H2,1H3,(H,31,32)(H,33,36)(H,34,37)/t21-,23-/m0/s1. The van der Waals surface area contributed by atoms with Crippen molar-refractivity contribution in [2.24, 2.45) is 0 Å². The summed E-state index contributed by atoms with van der Waals surface area (Å²) in [5.41, 5.74) is 2.63. The van der Waals surface area contributed by atoms with Crippen LogP contribution in [0.2, 0.25) is 0 Å². The minimum atomic E-state index is -2.95. The number of hydrogen-bond donors (Lipinski definition) is 4. The van der Waals surface area contributed by atoms with E-state index >= 15 is 0 Å². The third-order valence-corrected chi connectivity index (χ3v) is 7.60. The van der Waals surface area contributed by atoms with Gasteiger partial charge in [0.15, 0.2) is 5.82 Å². The number of rotatable bonds is 6. The van der Waals surface area contributed by atoms with Crippen LogP contribution in [-0.2, 0) is 0 Å². The van der Waals surface area contributed by atoms with E-state index < -0.39 is 36.8 Å². The fraction of sp³-hybridized carbons (Fsp3) is 0.250. The van der Waals surface area contributed by atoms with E-state index in [1.807, 2.05) is 55.5 Å². The molecule has 196 valence electrons. The molecule has 1 aliphatic carbocycles. The third kappa shape index (κ3) is 5.51. The molecule has 2 aromatic carbocycles. The molecule has 0 spiro atoms. The zero-order valence-corrected chi connectivity index (χ0v) is 21.3. The molecule has 1 fully saturated rings. The molecule has 4 aromatic rings. The first-order valence-electron chi connectivity index (χ1n) is 12.2. The van der Waals surface area contributed by atoms with E-state index in [-0.39, 0.29) is 23.6 Å². The SMILES string of the molecule is Cc1ccccc1Nc1ncc(C(=O)N[C@H]2CCC(F)(F)C[C@@H]2O)cc1NC(=O)c1csc2ccccc12. The van der Waals surface area contributed by atoms with Gasteiger partial charge < -0.3 is 21.1 Å². The number of fused-ring (bicyclic) bond motifs is 1. The van der Waals surface area contributed by atoms with Gasteiger partial charge in [0.05, 0.1) is 29.0 Å². The zero-order valence-electron chi connectivity index (χ0n) is 20.5. The van der Waals surface area contributed by atoms with E-state index in [0.717, 1.165) is 21.3 Å². The number of aliphatic hydroxyl groups excluding tert-OH is 1. The lowest BCUT2D eigenvalue weighted by Gasteiger charge is -2.33. The highest BCUT2D eigenvalue weighted by atomic mass is 32.1. The fourth-order valence-electron chi connectivity index (χ4n) is 4.50. The number of pyridine rings is 1. The molecule has 4 N–H and O–H groups in total. The number of nitrogens with zero attached hydrogens (tertiary/aromatic N) is 1. The highest BCUT2D eigenvalue weighted by Crippen LogP contribution is 2.34. The summed E-state index contributed by atoms with van der Waals surface area (Å²) in [6.45, 7) is 1.93. The lowest BCUT2D eigenvalue weighted by molar-refractivity contribution is -0.0862. The summed E-state index contributed by atoms with van der Waals surface area (Å²) in [6, 6.07) is 15.8. The number of thiophene rings is 1. The Labute approximate surface area is 221 Å². The minimum absolute atomic E-state index is 0.0465. The van der Waals surface area contributed by atoms with Gasteiger partial charge in [0.2, 0.25) is 0 Å². The highest BCUT2D eigenvalue weighted by molar-refractivity contribution is 7.17. The molecule has 2 amide bonds. The van der Waals surface area contributed by atoms with Gasteiger partial charge in [0.1, 0.15) is 0 Å². The number of hydrogen-bond acceptors (Lipinski definition) is 6. The number of benzene rings is 2. The number of amides is 2. The van der Waals surface area contributed by atoms with Crippen LogP contribution in [0.5, 0.6) is 0 Å². The monoisotopic (exact) mass is 536 g/mol. The van der Waals surface area contributed by atoms with Gasteiger partial charge in [0, 0.05) is 40.2 Å². The van der Waals surface area contributed by atoms with Crippen LogP contribution in [-0.4, -0.2) is 40.0 Å². The molecule has 38 heavy (non-hydrogen) atoms. The number of nitrogens with one attached hydrogen (secondary N) is 3. The Bertz CT molecular complexity index is 1510. The molecule has 0 radical (unpaired) electrons. The van der Waals surface area contributed by atoms with Crippen molar-refractivity contribution in [2.75, 3.05) is 10.6 Å². The van der Waals surface area contributed by atoms with Crippen molar-refractivity contribution in [3.8, 4) is 0 Å². The number of aliphatic hydroxyl groups is 1. The van der Waals surface area contributed by atoms with Crippen LogP contribution in [0.4, 0.5) is 26.0 Å². The molecule has 5 rings (SSSR count). The lowest BCUT2D eigenvalue weighted by Crippen LogP contribution is -2.49. The van der Waals surface area contributed by atoms with Gasteiger partial charge in [-0.25, -0.2) is 13.8 Å². The van der Waals surface area contributed by atoms with Gasteiger partial charge in [-0.05, 0) is 37.1 Å². The molecule has 10 heteroatoms. The molecule has 7 nitrogen and oxygen atoms in total. The number of aromatic nitrogens is 1. The average molecular weight is 537 g/mol. The Balaban J connectivity index is 1.43. The van der Waals surface area contributed by atoms with Crippen LogP contribution in [0.3, 0.4) is 0 Å². The topological polar surface area (TPSA) is 103 Å². The molecule has 2 heterocycles. The largest absolute Gasteiger partial charge is 0.391 e. The molecule has 2 aromatic heterocycles. The first-order valence-corrected chi connectivity index (χ1v) is 13.1. The van der Waals surface area contributed by atoms with E-state index in [1.165, 1.54) is 23.6 Å². The zero-order chi connectivity index (χ0) is 26.9. The maximum Gasteiger partial charge on any atom is 0.257 e. The van der Waals surface area contributed by atoms with Gasteiger partial charge in [-0.3, -0.25) is 9.59 Å². The molecule has 0 unspecified atom stereocenters. The minimum Gasteiger partial charge on any atom is -0.391 e. The van der Waals surface area contributed by atoms with Crippen molar-refractivity contribution in [2.45, 2.75) is 44.3 Å². The second-order valence-electron chi connectivity index (χ2n) is 9.41. The van der Waals surface area contributed by atoms with Crippen LogP contribution in [0, 0.1) is 6.92 Å². The first-order chi connectivity index (χ1) is 18.2. The van der Waals surface area contributed by atoms with Crippen molar-refractivity contribution in [3.63, 3.8) is 0 Å². The summed E-state index contributed by atoms with van der Waals surface area (Å²) in [5.74, 6) is -3.56. The van der Waals surface area contributed by atoms with Crippen molar-refractivity contribution in [1.82, 2.24) is 10.3 Å².